The van der Waals surface area contributed by atoms with Crippen LogP contribution in [0.25, 0.3) is 0 Å². The molecule has 1 aromatic carbocycles. The summed E-state index contributed by atoms with van der Waals surface area (Å²) in [6, 6.07) is 3.77. The maximum absolute atomic E-state index is 12.2. The molecule has 0 saturated heterocycles. The molecule has 112 valence electrons. The molecule has 1 heterocycles. The molecule has 0 amide bonds. The van der Waals surface area contributed by atoms with Crippen molar-refractivity contribution < 1.29 is 22.8 Å². The third-order valence-electron chi connectivity index (χ3n) is 2.51. The number of carboxylic acid groups (broad SMARTS) is 1. The van der Waals surface area contributed by atoms with Crippen molar-refractivity contribution in [3.8, 4) is 0 Å². The van der Waals surface area contributed by atoms with Gasteiger partial charge >= 0.3 is 5.97 Å². The molecule has 0 aliphatic heterocycles. The van der Waals surface area contributed by atoms with E-state index in [1.54, 1.807) is 0 Å². The third-order valence-corrected chi connectivity index (χ3v) is 4.96. The number of aromatic carboxylic acids is 1. The van der Waals surface area contributed by atoms with Gasteiger partial charge in [-0.15, -0.1) is 0 Å². The number of benzene rings is 1. The molecule has 2 rings (SSSR count). The molecule has 0 radical (unpaired) electrons. The van der Waals surface area contributed by atoms with Crippen molar-refractivity contribution in [2.45, 2.75) is 11.3 Å². The van der Waals surface area contributed by atoms with E-state index in [-0.39, 0.29) is 27.9 Å². The van der Waals surface area contributed by atoms with E-state index in [0.717, 1.165) is 6.07 Å². The third kappa shape index (κ3) is 3.86. The summed E-state index contributed by atoms with van der Waals surface area (Å²) in [5, 5.41) is 12.3. The van der Waals surface area contributed by atoms with E-state index in [4.69, 9.17) is 9.63 Å². The number of aromatic nitrogens is 2. The van der Waals surface area contributed by atoms with Crippen LogP contribution in [0, 0.1) is 0 Å². The Morgan fingerprint density at radius 2 is 2.19 bits per heavy atom. The number of nitrogens with one attached hydrogen (secondary N) is 1. The van der Waals surface area contributed by atoms with Crippen LogP contribution in [0.5, 0.6) is 0 Å². The van der Waals surface area contributed by atoms with Crippen molar-refractivity contribution >= 4 is 31.9 Å². The van der Waals surface area contributed by atoms with Gasteiger partial charge in [0.25, 0.3) is 0 Å². The minimum atomic E-state index is -3.85. The van der Waals surface area contributed by atoms with Crippen molar-refractivity contribution in [3.63, 3.8) is 0 Å². The van der Waals surface area contributed by atoms with Gasteiger partial charge in [0.15, 0.2) is 6.33 Å². The van der Waals surface area contributed by atoms with Crippen molar-refractivity contribution in [3.05, 3.63) is 40.5 Å². The van der Waals surface area contributed by atoms with Crippen LogP contribution < -0.4 is 4.72 Å². The maximum Gasteiger partial charge on any atom is 0.335 e. The molecule has 10 heteroatoms. The fourth-order valence-corrected chi connectivity index (χ4v) is 3.54. The minimum absolute atomic E-state index is 0.0499. The molecule has 0 aliphatic rings. The highest BCUT2D eigenvalue weighted by Crippen LogP contribution is 2.23. The Balaban J connectivity index is 2.15. The number of rotatable bonds is 6. The standard InChI is InChI=1S/C11H10BrN3O5S/c12-8-2-1-7(11(16)17)5-9(8)21(18,19)15-4-3-10-13-6-14-20-10/h1-2,5-6,15H,3-4H2,(H,16,17). The molecule has 21 heavy (non-hydrogen) atoms. The van der Waals surface area contributed by atoms with E-state index < -0.39 is 16.0 Å². The second kappa shape index (κ2) is 6.33. The Morgan fingerprint density at radius 3 is 2.81 bits per heavy atom. The predicted octanol–water partition coefficient (Wildman–Crippen LogP) is 1.05. The normalized spacial score (nSPS) is 11.5. The molecule has 1 aromatic heterocycles. The maximum atomic E-state index is 12.2. The topological polar surface area (TPSA) is 122 Å². The van der Waals surface area contributed by atoms with Crippen molar-refractivity contribution in [2.75, 3.05) is 6.54 Å². The average Bonchev–Trinajstić information content (AvgIpc) is 2.91. The van der Waals surface area contributed by atoms with Crippen LogP contribution >= 0.6 is 15.9 Å². The summed E-state index contributed by atoms with van der Waals surface area (Å²) in [6.45, 7) is 0.0499. The molecule has 0 saturated carbocycles. The minimum Gasteiger partial charge on any atom is -0.478 e. The first-order chi connectivity index (χ1) is 9.90. The highest BCUT2D eigenvalue weighted by Gasteiger charge is 2.19. The number of sulfonamides is 1. The van der Waals surface area contributed by atoms with E-state index in [2.05, 4.69) is 30.8 Å². The Labute approximate surface area is 128 Å². The lowest BCUT2D eigenvalue weighted by Crippen LogP contribution is -2.26. The summed E-state index contributed by atoms with van der Waals surface area (Å²) < 4.78 is 31.7. The van der Waals surface area contributed by atoms with E-state index in [9.17, 15) is 13.2 Å². The first-order valence-corrected chi connectivity index (χ1v) is 7.96. The lowest BCUT2D eigenvalue weighted by Gasteiger charge is -2.08. The monoisotopic (exact) mass is 375 g/mol. The molecular formula is C11H10BrN3O5S. The van der Waals surface area contributed by atoms with Gasteiger partial charge in [-0.2, -0.15) is 4.98 Å². The van der Waals surface area contributed by atoms with Crippen molar-refractivity contribution in [1.82, 2.24) is 14.9 Å². The zero-order valence-corrected chi connectivity index (χ0v) is 12.9. The molecule has 0 fully saturated rings. The van der Waals surface area contributed by atoms with E-state index in [0.29, 0.717) is 5.89 Å². The molecular weight excluding hydrogens is 366 g/mol. The summed E-state index contributed by atoms with van der Waals surface area (Å²) in [5.41, 5.74) is -0.115. The Bertz CT molecular complexity index is 745. The van der Waals surface area contributed by atoms with Gasteiger partial charge in [0.2, 0.25) is 15.9 Å². The Kier molecular flexibility index (Phi) is 4.70. The average molecular weight is 376 g/mol. The van der Waals surface area contributed by atoms with Crippen molar-refractivity contribution in [2.24, 2.45) is 0 Å². The second-order valence-corrected chi connectivity index (χ2v) is 6.52. The molecule has 2 aromatic rings. The number of nitrogens with zero attached hydrogens (tertiary/aromatic N) is 2. The second-order valence-electron chi connectivity index (χ2n) is 3.93. The first kappa shape index (κ1) is 15.6. The highest BCUT2D eigenvalue weighted by molar-refractivity contribution is 9.10. The smallest absolute Gasteiger partial charge is 0.335 e. The quantitative estimate of drug-likeness (QED) is 0.773. The molecule has 0 unspecified atom stereocenters. The lowest BCUT2D eigenvalue weighted by atomic mass is 10.2. The van der Waals surface area contributed by atoms with Gasteiger partial charge in [0.05, 0.1) is 10.5 Å². The number of carboxylic acids is 1. The summed E-state index contributed by atoms with van der Waals surface area (Å²) in [7, 11) is -3.85. The summed E-state index contributed by atoms with van der Waals surface area (Å²) in [4.78, 5) is 14.5. The van der Waals surface area contributed by atoms with Crippen LogP contribution in [0.15, 0.2) is 38.4 Å². The van der Waals surface area contributed by atoms with Crippen LogP contribution in [0.2, 0.25) is 0 Å². The van der Waals surface area contributed by atoms with Crippen LogP contribution in [0.1, 0.15) is 16.2 Å². The molecule has 2 N–H and O–H groups in total. The predicted molar refractivity (Wildman–Crippen MR) is 74.3 cm³/mol. The van der Waals surface area contributed by atoms with Crippen LogP contribution in [-0.4, -0.2) is 36.2 Å². The molecule has 8 nitrogen and oxygen atoms in total. The summed E-state index contributed by atoms with van der Waals surface area (Å²) >= 11 is 3.09. The van der Waals surface area contributed by atoms with Crippen LogP contribution in [0.4, 0.5) is 0 Å². The van der Waals surface area contributed by atoms with E-state index >= 15 is 0 Å². The van der Waals surface area contributed by atoms with Gasteiger partial charge < -0.3 is 9.63 Å². The molecule has 0 atom stereocenters. The number of hydrogen-bond acceptors (Lipinski definition) is 6. The highest BCUT2D eigenvalue weighted by atomic mass is 79.9. The van der Waals surface area contributed by atoms with Crippen LogP contribution in [0.3, 0.4) is 0 Å². The van der Waals surface area contributed by atoms with Gasteiger partial charge in [0, 0.05) is 17.4 Å². The molecule has 0 aliphatic carbocycles. The van der Waals surface area contributed by atoms with Gasteiger partial charge in [-0.1, -0.05) is 5.16 Å². The fraction of sp³-hybridized carbons (Fsp3) is 0.182. The summed E-state index contributed by atoms with van der Waals surface area (Å²) in [6.07, 6.45) is 1.45. The van der Waals surface area contributed by atoms with Gasteiger partial charge in [0.1, 0.15) is 0 Å². The van der Waals surface area contributed by atoms with E-state index in [1.807, 2.05) is 0 Å². The Morgan fingerprint density at radius 1 is 1.43 bits per heavy atom. The zero-order chi connectivity index (χ0) is 15.5. The SMILES string of the molecule is O=C(O)c1ccc(Br)c(S(=O)(=O)NCCc2ncno2)c1. The molecule has 0 bridgehead atoms. The number of carbonyl (C=O) groups is 1. The van der Waals surface area contributed by atoms with Crippen LogP contribution in [-0.2, 0) is 16.4 Å². The molecule has 0 spiro atoms. The number of hydrogen-bond donors (Lipinski definition) is 2. The first-order valence-electron chi connectivity index (χ1n) is 5.68. The van der Waals surface area contributed by atoms with Gasteiger partial charge in [-0.25, -0.2) is 17.9 Å². The zero-order valence-electron chi connectivity index (χ0n) is 10.5. The summed E-state index contributed by atoms with van der Waals surface area (Å²) in [5.74, 6) is -0.902. The largest absolute Gasteiger partial charge is 0.478 e. The lowest BCUT2D eigenvalue weighted by molar-refractivity contribution is 0.0696. The van der Waals surface area contributed by atoms with Crippen molar-refractivity contribution in [1.29, 1.82) is 0 Å². The number of halogens is 1. The Hall–Kier alpha value is -1.78. The van der Waals surface area contributed by atoms with Gasteiger partial charge in [-0.3, -0.25) is 0 Å². The van der Waals surface area contributed by atoms with Gasteiger partial charge in [-0.05, 0) is 34.1 Å². The van der Waals surface area contributed by atoms with E-state index in [1.165, 1.54) is 18.5 Å². The fourth-order valence-electron chi connectivity index (χ4n) is 1.52.